The minimum atomic E-state index is 0.0675. The number of benzene rings is 3. The molecule has 0 spiro atoms. The van der Waals surface area contributed by atoms with E-state index in [9.17, 15) is 0 Å². The molecule has 0 fully saturated rings. The summed E-state index contributed by atoms with van der Waals surface area (Å²) in [6.45, 7) is 0.924. The minimum Gasteiger partial charge on any atom is -0.489 e. The molecule has 1 aromatic heterocycles. The number of nitrogens with two attached hydrogens (primary N) is 1. The van der Waals surface area contributed by atoms with Crippen LogP contribution in [0.2, 0.25) is 0 Å². The highest BCUT2D eigenvalue weighted by molar-refractivity contribution is 7.14. The molecule has 0 saturated carbocycles. The molecule has 0 amide bonds. The standard InChI is InChI=1S/C25H24N4O3S/c1-27-25-28-23(16-33-25)19-6-10-21(11-7-19)31-14-17-2-4-18(5-3-17)15-32-22-12-8-20(9-13-22)24(26)29-30/h2-13,16,30H,14-15H2,1H3,(H2,26,29)(H,27,28). The van der Waals surface area contributed by atoms with Crippen molar-refractivity contribution in [1.29, 1.82) is 0 Å². The van der Waals surface area contributed by atoms with E-state index in [-0.39, 0.29) is 5.84 Å². The smallest absolute Gasteiger partial charge is 0.182 e. The van der Waals surface area contributed by atoms with Crippen LogP contribution in [0.15, 0.2) is 83.3 Å². The molecule has 8 heteroatoms. The summed E-state index contributed by atoms with van der Waals surface area (Å²) in [5, 5.41) is 17.7. The highest BCUT2D eigenvalue weighted by atomic mass is 32.1. The molecule has 4 aromatic rings. The number of nitrogens with one attached hydrogen (secondary N) is 1. The van der Waals surface area contributed by atoms with E-state index in [1.165, 1.54) is 0 Å². The van der Waals surface area contributed by atoms with E-state index in [2.05, 4.69) is 15.5 Å². The number of ether oxygens (including phenoxy) is 2. The summed E-state index contributed by atoms with van der Waals surface area (Å²) in [5.74, 6) is 1.59. The maximum Gasteiger partial charge on any atom is 0.182 e. The Labute approximate surface area is 196 Å². The molecule has 0 atom stereocenters. The van der Waals surface area contributed by atoms with E-state index in [4.69, 9.17) is 20.4 Å². The van der Waals surface area contributed by atoms with Crippen molar-refractivity contribution >= 4 is 22.3 Å². The topological polar surface area (TPSA) is 102 Å². The highest BCUT2D eigenvalue weighted by Gasteiger charge is 2.05. The van der Waals surface area contributed by atoms with Crippen LogP contribution in [0.3, 0.4) is 0 Å². The fourth-order valence-electron chi connectivity index (χ4n) is 3.09. The molecule has 4 rings (SSSR count). The first kappa shape index (κ1) is 22.2. The summed E-state index contributed by atoms with van der Waals surface area (Å²) in [5.41, 5.74) is 10.3. The highest BCUT2D eigenvalue weighted by Crippen LogP contribution is 2.26. The van der Waals surface area contributed by atoms with Crippen LogP contribution in [0.4, 0.5) is 5.13 Å². The zero-order valence-corrected chi connectivity index (χ0v) is 18.9. The van der Waals surface area contributed by atoms with Crippen molar-refractivity contribution in [2.45, 2.75) is 13.2 Å². The van der Waals surface area contributed by atoms with Gasteiger partial charge in [0.1, 0.15) is 24.7 Å². The first-order valence-corrected chi connectivity index (χ1v) is 11.2. The zero-order chi connectivity index (χ0) is 23.0. The van der Waals surface area contributed by atoms with E-state index in [0.29, 0.717) is 24.5 Å². The van der Waals surface area contributed by atoms with Gasteiger partial charge in [-0.3, -0.25) is 0 Å². The summed E-state index contributed by atoms with van der Waals surface area (Å²) in [6.07, 6.45) is 0. The van der Waals surface area contributed by atoms with Gasteiger partial charge in [0.2, 0.25) is 0 Å². The average Bonchev–Trinajstić information content (AvgIpc) is 3.36. The van der Waals surface area contributed by atoms with E-state index >= 15 is 0 Å². The molecule has 7 nitrogen and oxygen atoms in total. The fraction of sp³-hybridized carbons (Fsp3) is 0.120. The molecule has 168 valence electrons. The van der Waals surface area contributed by atoms with Crippen molar-refractivity contribution in [3.8, 4) is 22.8 Å². The number of thiazole rings is 1. The van der Waals surface area contributed by atoms with Crippen LogP contribution < -0.4 is 20.5 Å². The van der Waals surface area contributed by atoms with Crippen LogP contribution in [0.1, 0.15) is 16.7 Å². The number of hydrogen-bond donors (Lipinski definition) is 3. The van der Waals surface area contributed by atoms with Crippen LogP contribution in [-0.2, 0) is 13.2 Å². The summed E-state index contributed by atoms with van der Waals surface area (Å²) in [7, 11) is 1.87. The largest absolute Gasteiger partial charge is 0.489 e. The summed E-state index contributed by atoms with van der Waals surface area (Å²) in [6, 6.07) is 23.1. The van der Waals surface area contributed by atoms with Crippen LogP contribution in [0.25, 0.3) is 11.3 Å². The quantitative estimate of drug-likeness (QED) is 0.139. The Bertz CT molecular complexity index is 1200. The monoisotopic (exact) mass is 460 g/mol. The van der Waals surface area contributed by atoms with Gasteiger partial charge < -0.3 is 25.7 Å². The van der Waals surface area contributed by atoms with Crippen LogP contribution >= 0.6 is 11.3 Å². The molecule has 0 aliphatic carbocycles. The molecule has 0 saturated heterocycles. The molecule has 0 unspecified atom stereocenters. The summed E-state index contributed by atoms with van der Waals surface area (Å²) in [4.78, 5) is 4.52. The predicted octanol–water partition coefficient (Wildman–Crippen LogP) is 5.10. The van der Waals surface area contributed by atoms with Crippen LogP contribution in [-0.4, -0.2) is 23.1 Å². The predicted molar refractivity (Wildman–Crippen MR) is 131 cm³/mol. The maximum absolute atomic E-state index is 8.72. The molecule has 33 heavy (non-hydrogen) atoms. The minimum absolute atomic E-state index is 0.0675. The Kier molecular flexibility index (Phi) is 7.06. The van der Waals surface area contributed by atoms with Crippen molar-refractivity contribution in [2.24, 2.45) is 10.9 Å². The van der Waals surface area contributed by atoms with Crippen molar-refractivity contribution in [1.82, 2.24) is 4.98 Å². The Morgan fingerprint density at radius 1 is 0.909 bits per heavy atom. The van der Waals surface area contributed by atoms with Crippen LogP contribution in [0.5, 0.6) is 11.5 Å². The number of aromatic nitrogens is 1. The van der Waals surface area contributed by atoms with Gasteiger partial charge in [0.05, 0.1) is 5.69 Å². The Morgan fingerprint density at radius 3 is 1.94 bits per heavy atom. The fourth-order valence-corrected chi connectivity index (χ4v) is 3.77. The lowest BCUT2D eigenvalue weighted by Gasteiger charge is -2.09. The average molecular weight is 461 g/mol. The molecular weight excluding hydrogens is 436 g/mol. The summed E-state index contributed by atoms with van der Waals surface area (Å²) >= 11 is 1.58. The molecular formula is C25H24N4O3S. The lowest BCUT2D eigenvalue weighted by Crippen LogP contribution is -2.12. The Morgan fingerprint density at radius 2 is 1.45 bits per heavy atom. The second-order valence-electron chi connectivity index (χ2n) is 7.22. The van der Waals surface area contributed by atoms with Gasteiger partial charge in [0.15, 0.2) is 11.0 Å². The van der Waals surface area contributed by atoms with Gasteiger partial charge in [-0.1, -0.05) is 29.4 Å². The maximum atomic E-state index is 8.72. The molecule has 1 heterocycles. The van der Waals surface area contributed by atoms with Gasteiger partial charge in [0.25, 0.3) is 0 Å². The normalized spacial score (nSPS) is 11.2. The van der Waals surface area contributed by atoms with Crippen molar-refractivity contribution in [2.75, 3.05) is 12.4 Å². The van der Waals surface area contributed by atoms with Crippen molar-refractivity contribution < 1.29 is 14.7 Å². The Hall–Kier alpha value is -4.04. The van der Waals surface area contributed by atoms with Gasteiger partial charge in [-0.05, 0) is 59.7 Å². The van der Waals surface area contributed by atoms with Crippen molar-refractivity contribution in [3.63, 3.8) is 0 Å². The third-order valence-electron chi connectivity index (χ3n) is 4.96. The van der Waals surface area contributed by atoms with Gasteiger partial charge in [0, 0.05) is 23.6 Å². The number of oxime groups is 1. The second-order valence-corrected chi connectivity index (χ2v) is 8.07. The van der Waals surface area contributed by atoms with E-state index < -0.39 is 0 Å². The number of rotatable bonds is 9. The van der Waals surface area contributed by atoms with Crippen LogP contribution in [0, 0.1) is 0 Å². The molecule has 0 aliphatic heterocycles. The first-order chi connectivity index (χ1) is 16.1. The van der Waals surface area contributed by atoms with E-state index in [0.717, 1.165) is 33.3 Å². The van der Waals surface area contributed by atoms with E-state index in [1.807, 2.05) is 61.0 Å². The molecule has 0 aliphatic rings. The third kappa shape index (κ3) is 5.81. The van der Waals surface area contributed by atoms with Gasteiger partial charge in [-0.2, -0.15) is 0 Å². The molecule has 3 aromatic carbocycles. The second kappa shape index (κ2) is 10.5. The number of hydrogen-bond acceptors (Lipinski definition) is 7. The van der Waals surface area contributed by atoms with Gasteiger partial charge in [-0.25, -0.2) is 4.98 Å². The van der Waals surface area contributed by atoms with Gasteiger partial charge >= 0.3 is 0 Å². The SMILES string of the molecule is CNc1nc(-c2ccc(OCc3ccc(COc4ccc(/C(N)=N/O)cc4)cc3)cc2)cs1. The van der Waals surface area contributed by atoms with Gasteiger partial charge in [-0.15, -0.1) is 11.3 Å². The number of anilines is 1. The van der Waals surface area contributed by atoms with Crippen molar-refractivity contribution in [3.05, 3.63) is 94.9 Å². The van der Waals surface area contributed by atoms with E-state index in [1.54, 1.807) is 35.6 Å². The number of amidine groups is 1. The molecule has 4 N–H and O–H groups in total. The lowest BCUT2D eigenvalue weighted by atomic mass is 10.1. The molecule has 0 radical (unpaired) electrons. The lowest BCUT2D eigenvalue weighted by molar-refractivity contribution is 0.302. The molecule has 0 bridgehead atoms. The first-order valence-electron chi connectivity index (χ1n) is 10.3. The number of nitrogens with zero attached hydrogens (tertiary/aromatic N) is 2. The Balaban J connectivity index is 1.27. The zero-order valence-electron chi connectivity index (χ0n) is 18.1. The third-order valence-corrected chi connectivity index (χ3v) is 5.82. The summed E-state index contributed by atoms with van der Waals surface area (Å²) < 4.78 is 11.7.